The highest BCUT2D eigenvalue weighted by Gasteiger charge is 2.41. The Labute approximate surface area is 117 Å². The van der Waals surface area contributed by atoms with Crippen LogP contribution in [0, 0.1) is 5.92 Å². The molecule has 3 nitrogen and oxygen atoms in total. The van der Waals surface area contributed by atoms with Gasteiger partial charge in [-0.3, -0.25) is 0 Å². The first kappa shape index (κ1) is 16.5. The topological polar surface area (TPSA) is 24.5 Å². The SMILES string of the molecule is CCOCCCNC(=S)N1CCC(C(F)(F)F)CC1. The number of nitrogens with zero attached hydrogens (tertiary/aromatic N) is 1. The Morgan fingerprint density at radius 2 is 2.00 bits per heavy atom. The van der Waals surface area contributed by atoms with Crippen molar-refractivity contribution in [2.24, 2.45) is 5.92 Å². The normalized spacial score (nSPS) is 17.6. The first-order chi connectivity index (χ1) is 8.95. The highest BCUT2D eigenvalue weighted by atomic mass is 32.1. The van der Waals surface area contributed by atoms with Gasteiger partial charge in [0.25, 0.3) is 0 Å². The number of halogens is 3. The largest absolute Gasteiger partial charge is 0.391 e. The highest BCUT2D eigenvalue weighted by molar-refractivity contribution is 7.80. The lowest BCUT2D eigenvalue weighted by molar-refractivity contribution is -0.183. The zero-order valence-electron chi connectivity index (χ0n) is 11.1. The molecule has 0 saturated carbocycles. The van der Waals surface area contributed by atoms with Gasteiger partial charge in [0.15, 0.2) is 5.11 Å². The van der Waals surface area contributed by atoms with E-state index in [1.54, 1.807) is 0 Å². The second kappa shape index (κ2) is 7.89. The Morgan fingerprint density at radius 1 is 1.37 bits per heavy atom. The molecular weight excluding hydrogens is 277 g/mol. The molecule has 0 radical (unpaired) electrons. The molecular formula is C12H21F3N2OS. The number of piperidine rings is 1. The molecule has 1 N–H and O–H groups in total. The fourth-order valence-corrected chi connectivity index (χ4v) is 2.32. The van der Waals surface area contributed by atoms with Crippen molar-refractivity contribution in [3.05, 3.63) is 0 Å². The van der Waals surface area contributed by atoms with Gasteiger partial charge in [-0.25, -0.2) is 0 Å². The zero-order chi connectivity index (χ0) is 14.3. The van der Waals surface area contributed by atoms with Gasteiger partial charge in [0.1, 0.15) is 0 Å². The summed E-state index contributed by atoms with van der Waals surface area (Å²) in [5.41, 5.74) is 0. The fourth-order valence-electron chi connectivity index (χ4n) is 2.04. The summed E-state index contributed by atoms with van der Waals surface area (Å²) in [4.78, 5) is 1.82. The molecule has 1 saturated heterocycles. The van der Waals surface area contributed by atoms with Crippen molar-refractivity contribution in [1.29, 1.82) is 0 Å². The molecule has 1 aliphatic heterocycles. The van der Waals surface area contributed by atoms with Crippen LogP contribution in [0.15, 0.2) is 0 Å². The van der Waals surface area contributed by atoms with Crippen molar-refractivity contribution in [3.63, 3.8) is 0 Å². The minimum atomic E-state index is -4.07. The summed E-state index contributed by atoms with van der Waals surface area (Å²) in [5, 5.41) is 3.61. The van der Waals surface area contributed by atoms with E-state index in [0.29, 0.717) is 38.0 Å². The summed E-state index contributed by atoms with van der Waals surface area (Å²) in [6.07, 6.45) is -2.97. The minimum Gasteiger partial charge on any atom is -0.382 e. The first-order valence-electron chi connectivity index (χ1n) is 6.62. The maximum absolute atomic E-state index is 12.5. The predicted molar refractivity (Wildman–Crippen MR) is 72.1 cm³/mol. The molecule has 1 rings (SSSR count). The van der Waals surface area contributed by atoms with Crippen LogP contribution in [-0.2, 0) is 4.74 Å². The van der Waals surface area contributed by atoms with Crippen LogP contribution in [0.2, 0.25) is 0 Å². The van der Waals surface area contributed by atoms with E-state index in [4.69, 9.17) is 17.0 Å². The van der Waals surface area contributed by atoms with Gasteiger partial charge in [-0.1, -0.05) is 0 Å². The van der Waals surface area contributed by atoms with E-state index in [1.165, 1.54) is 0 Å². The lowest BCUT2D eigenvalue weighted by Crippen LogP contribution is -2.46. The third-order valence-electron chi connectivity index (χ3n) is 3.19. The van der Waals surface area contributed by atoms with E-state index in [-0.39, 0.29) is 12.8 Å². The summed E-state index contributed by atoms with van der Waals surface area (Å²) in [5.74, 6) is -1.18. The molecule has 19 heavy (non-hydrogen) atoms. The van der Waals surface area contributed by atoms with E-state index in [1.807, 2.05) is 11.8 Å². The molecule has 1 fully saturated rings. The van der Waals surface area contributed by atoms with Gasteiger partial charge in [0, 0.05) is 32.8 Å². The van der Waals surface area contributed by atoms with Gasteiger partial charge >= 0.3 is 6.18 Å². The van der Waals surface area contributed by atoms with E-state index >= 15 is 0 Å². The fraction of sp³-hybridized carbons (Fsp3) is 0.917. The number of hydrogen-bond donors (Lipinski definition) is 1. The van der Waals surface area contributed by atoms with Gasteiger partial charge in [0.2, 0.25) is 0 Å². The summed E-state index contributed by atoms with van der Waals surface area (Å²) >= 11 is 5.18. The van der Waals surface area contributed by atoms with Crippen LogP contribution in [0.1, 0.15) is 26.2 Å². The van der Waals surface area contributed by atoms with E-state index < -0.39 is 12.1 Å². The highest BCUT2D eigenvalue weighted by Crippen LogP contribution is 2.33. The average molecular weight is 298 g/mol. The van der Waals surface area contributed by atoms with Crippen LogP contribution < -0.4 is 5.32 Å². The molecule has 0 atom stereocenters. The summed E-state index contributed by atoms with van der Waals surface area (Å²) in [7, 11) is 0. The van der Waals surface area contributed by atoms with Crippen molar-refractivity contribution < 1.29 is 17.9 Å². The molecule has 1 aliphatic rings. The first-order valence-corrected chi connectivity index (χ1v) is 7.03. The predicted octanol–water partition coefficient (Wildman–Crippen LogP) is 2.56. The number of hydrogen-bond acceptors (Lipinski definition) is 2. The molecule has 7 heteroatoms. The molecule has 0 spiro atoms. The van der Waals surface area contributed by atoms with Crippen LogP contribution >= 0.6 is 12.2 Å². The quantitative estimate of drug-likeness (QED) is 0.623. The molecule has 0 aliphatic carbocycles. The van der Waals surface area contributed by atoms with Crippen molar-refractivity contribution >= 4 is 17.3 Å². The molecule has 1 heterocycles. The number of ether oxygens (including phenoxy) is 1. The van der Waals surface area contributed by atoms with E-state index in [9.17, 15) is 13.2 Å². The van der Waals surface area contributed by atoms with Crippen molar-refractivity contribution in [1.82, 2.24) is 10.2 Å². The lowest BCUT2D eigenvalue weighted by Gasteiger charge is -2.34. The van der Waals surface area contributed by atoms with Crippen molar-refractivity contribution in [2.75, 3.05) is 32.8 Å². The smallest absolute Gasteiger partial charge is 0.382 e. The van der Waals surface area contributed by atoms with E-state index in [2.05, 4.69) is 5.32 Å². The number of nitrogens with one attached hydrogen (secondary N) is 1. The Balaban J connectivity index is 2.18. The van der Waals surface area contributed by atoms with Crippen molar-refractivity contribution in [3.8, 4) is 0 Å². The average Bonchev–Trinajstić information content (AvgIpc) is 2.37. The molecule has 0 aromatic rings. The second-order valence-corrected chi connectivity index (χ2v) is 4.97. The maximum Gasteiger partial charge on any atom is 0.391 e. The third-order valence-corrected chi connectivity index (χ3v) is 3.59. The molecule has 0 unspecified atom stereocenters. The minimum absolute atomic E-state index is 0.129. The Bertz CT molecular complexity index is 279. The third kappa shape index (κ3) is 5.95. The monoisotopic (exact) mass is 298 g/mol. The Kier molecular flexibility index (Phi) is 6.85. The lowest BCUT2D eigenvalue weighted by atomic mass is 9.97. The Morgan fingerprint density at radius 3 is 2.53 bits per heavy atom. The van der Waals surface area contributed by atoms with Gasteiger partial charge in [-0.05, 0) is 38.4 Å². The van der Waals surface area contributed by atoms with Crippen LogP contribution in [0.4, 0.5) is 13.2 Å². The standard InChI is InChI=1S/C12H21F3N2OS/c1-2-18-9-3-6-16-11(19)17-7-4-10(5-8-17)12(13,14)15/h10H,2-9H2,1H3,(H,16,19). The number of rotatable bonds is 5. The number of likely N-dealkylation sites (tertiary alicyclic amines) is 1. The summed E-state index contributed by atoms with van der Waals surface area (Å²) in [6.45, 7) is 4.74. The summed E-state index contributed by atoms with van der Waals surface area (Å²) < 4.78 is 42.7. The second-order valence-electron chi connectivity index (χ2n) is 4.59. The molecule has 0 aromatic heterocycles. The Hall–Kier alpha value is -0.560. The van der Waals surface area contributed by atoms with E-state index in [0.717, 1.165) is 6.42 Å². The van der Waals surface area contributed by atoms with Crippen molar-refractivity contribution in [2.45, 2.75) is 32.4 Å². The van der Waals surface area contributed by atoms with Crippen LogP contribution in [0.3, 0.4) is 0 Å². The van der Waals surface area contributed by atoms with Gasteiger partial charge in [-0.15, -0.1) is 0 Å². The zero-order valence-corrected chi connectivity index (χ0v) is 11.9. The molecule has 0 aromatic carbocycles. The van der Waals surface area contributed by atoms with Crippen LogP contribution in [-0.4, -0.2) is 49.0 Å². The van der Waals surface area contributed by atoms with Gasteiger partial charge < -0.3 is 15.0 Å². The van der Waals surface area contributed by atoms with Gasteiger partial charge in [0.05, 0.1) is 5.92 Å². The molecule has 112 valence electrons. The maximum atomic E-state index is 12.5. The molecule has 0 bridgehead atoms. The molecule has 0 amide bonds. The van der Waals surface area contributed by atoms with Crippen LogP contribution in [0.25, 0.3) is 0 Å². The number of alkyl halides is 3. The van der Waals surface area contributed by atoms with Crippen LogP contribution in [0.5, 0.6) is 0 Å². The summed E-state index contributed by atoms with van der Waals surface area (Å²) in [6, 6.07) is 0. The van der Waals surface area contributed by atoms with Gasteiger partial charge in [-0.2, -0.15) is 13.2 Å². The number of thiocarbonyl (C=S) groups is 1.